The van der Waals surface area contributed by atoms with Gasteiger partial charge in [-0.2, -0.15) is 0 Å². The number of benzene rings is 2. The predicted octanol–water partition coefficient (Wildman–Crippen LogP) is 8.10. The van der Waals surface area contributed by atoms with Crippen LogP contribution in [0.5, 0.6) is 5.75 Å². The van der Waals surface area contributed by atoms with Gasteiger partial charge in [0.25, 0.3) is 11.8 Å². The molecule has 0 aliphatic rings. The number of carbonyl (C=O) groups is 2. The number of hydrogen-bond acceptors (Lipinski definition) is 4. The van der Waals surface area contributed by atoms with Crippen LogP contribution in [0.4, 0.5) is 5.69 Å². The summed E-state index contributed by atoms with van der Waals surface area (Å²) in [6.45, 7) is 7.75. The highest BCUT2D eigenvalue weighted by Gasteiger charge is 2.13. The Morgan fingerprint density at radius 1 is 0.750 bits per heavy atom. The average molecular weight is 513 g/mol. The first-order chi connectivity index (χ1) is 17.6. The Morgan fingerprint density at radius 2 is 1.39 bits per heavy atom. The van der Waals surface area contributed by atoms with Crippen molar-refractivity contribution in [2.24, 2.45) is 0 Å². The third-order valence-electron chi connectivity index (χ3n) is 5.99. The van der Waals surface area contributed by atoms with Gasteiger partial charge in [-0.25, -0.2) is 0 Å². The summed E-state index contributed by atoms with van der Waals surface area (Å²) < 4.78 is 5.86. The number of ether oxygens (including phenoxy) is 1. The minimum Gasteiger partial charge on any atom is -0.494 e. The molecule has 5 nitrogen and oxygen atoms in total. The number of carbonyl (C=O) groups excluding carboxylic acids is 2. The summed E-state index contributed by atoms with van der Waals surface area (Å²) in [6.07, 6.45) is 12.1. The number of unbranched alkanes of at least 4 members (excludes halogenated alkanes) is 8. The van der Waals surface area contributed by atoms with Crippen molar-refractivity contribution in [3.8, 4) is 5.75 Å². The lowest BCUT2D eigenvalue weighted by Crippen LogP contribution is -2.24. The summed E-state index contributed by atoms with van der Waals surface area (Å²) in [5, 5.41) is 5.93. The smallest absolute Gasteiger partial charge is 0.255 e. The molecule has 0 atom stereocenters. The van der Waals surface area contributed by atoms with Crippen LogP contribution in [0.3, 0.4) is 0 Å². The van der Waals surface area contributed by atoms with Crippen LogP contribution in [0.15, 0.2) is 47.4 Å². The molecule has 0 unspecified atom stereocenters. The number of nitrogens with one attached hydrogen (secondary N) is 2. The van der Waals surface area contributed by atoms with Gasteiger partial charge >= 0.3 is 0 Å². The third-order valence-corrected chi connectivity index (χ3v) is 6.94. The maximum absolute atomic E-state index is 12.9. The minimum atomic E-state index is -0.203. The molecule has 0 saturated heterocycles. The van der Waals surface area contributed by atoms with Crippen LogP contribution in [-0.4, -0.2) is 30.7 Å². The molecule has 2 N–H and O–H groups in total. The molecule has 2 amide bonds. The van der Waals surface area contributed by atoms with Gasteiger partial charge < -0.3 is 15.4 Å². The molecule has 0 bridgehead atoms. The Morgan fingerprint density at radius 3 is 2.06 bits per heavy atom. The number of amides is 2. The second-order valence-electron chi connectivity index (χ2n) is 9.06. The van der Waals surface area contributed by atoms with Gasteiger partial charge in [-0.05, 0) is 61.1 Å². The molecule has 0 fully saturated rings. The predicted molar refractivity (Wildman–Crippen MR) is 153 cm³/mol. The van der Waals surface area contributed by atoms with Crippen molar-refractivity contribution in [1.82, 2.24) is 5.32 Å². The Labute approximate surface area is 222 Å². The lowest BCUT2D eigenvalue weighted by molar-refractivity contribution is 0.0951. The van der Waals surface area contributed by atoms with Crippen LogP contribution in [0.1, 0.15) is 106 Å². The van der Waals surface area contributed by atoms with Crippen molar-refractivity contribution in [2.45, 2.75) is 89.9 Å². The van der Waals surface area contributed by atoms with Crippen LogP contribution in [0.25, 0.3) is 0 Å². The molecule has 36 heavy (non-hydrogen) atoms. The molecule has 2 aromatic rings. The van der Waals surface area contributed by atoms with Gasteiger partial charge in [0, 0.05) is 22.6 Å². The van der Waals surface area contributed by atoms with Gasteiger partial charge in [0.1, 0.15) is 5.75 Å². The fourth-order valence-corrected chi connectivity index (χ4v) is 4.59. The van der Waals surface area contributed by atoms with Crippen LogP contribution in [0.2, 0.25) is 0 Å². The average Bonchev–Trinajstić information content (AvgIpc) is 2.89. The van der Waals surface area contributed by atoms with Gasteiger partial charge in [0.2, 0.25) is 0 Å². The molecular weight excluding hydrogens is 468 g/mol. The van der Waals surface area contributed by atoms with E-state index in [1.165, 1.54) is 44.9 Å². The first-order valence-corrected chi connectivity index (χ1v) is 14.7. The lowest BCUT2D eigenvalue weighted by atomic mass is 10.1. The summed E-state index contributed by atoms with van der Waals surface area (Å²) in [5.41, 5.74) is 1.76. The fourth-order valence-electron chi connectivity index (χ4n) is 3.85. The zero-order valence-electron chi connectivity index (χ0n) is 22.4. The summed E-state index contributed by atoms with van der Waals surface area (Å²) >= 11 is 1.64. The Balaban J connectivity index is 1.87. The van der Waals surface area contributed by atoms with Gasteiger partial charge in [0.05, 0.1) is 12.3 Å². The lowest BCUT2D eigenvalue weighted by Gasteiger charge is -2.13. The Kier molecular flexibility index (Phi) is 14.8. The largest absolute Gasteiger partial charge is 0.494 e. The zero-order chi connectivity index (χ0) is 26.0. The van der Waals surface area contributed by atoms with Gasteiger partial charge in [0.15, 0.2) is 0 Å². The van der Waals surface area contributed by atoms with E-state index in [2.05, 4.69) is 31.4 Å². The van der Waals surface area contributed by atoms with Crippen molar-refractivity contribution in [3.05, 3.63) is 53.6 Å². The van der Waals surface area contributed by atoms with Gasteiger partial charge in [-0.1, -0.05) is 72.1 Å². The number of hydrogen-bond donors (Lipinski definition) is 2. The van der Waals surface area contributed by atoms with Crippen molar-refractivity contribution >= 4 is 29.3 Å². The standard InChI is InChI=1S/C30H44N2O3S/c1-4-7-9-10-11-12-13-14-22-35-26-18-15-24(16-19-26)30(34)32-27-23-25(17-20-28(27)36-6-3)29(33)31-21-8-5-2/h15-20,23H,4-14,21-22H2,1-3H3,(H,31,33)(H,32,34). The SMILES string of the molecule is CCCCCCCCCCOc1ccc(C(=O)Nc2cc(C(=O)NCCCC)ccc2SCC)cc1. The summed E-state index contributed by atoms with van der Waals surface area (Å²) in [6, 6.07) is 12.7. The van der Waals surface area contributed by atoms with E-state index < -0.39 is 0 Å². The summed E-state index contributed by atoms with van der Waals surface area (Å²) in [5.74, 6) is 1.33. The van der Waals surface area contributed by atoms with E-state index in [0.29, 0.717) is 30.0 Å². The minimum absolute atomic E-state index is 0.120. The second kappa shape index (κ2) is 17.9. The molecule has 2 rings (SSSR count). The highest BCUT2D eigenvalue weighted by molar-refractivity contribution is 7.99. The molecule has 2 aromatic carbocycles. The molecule has 0 saturated carbocycles. The Hall–Kier alpha value is -2.47. The normalized spacial score (nSPS) is 10.8. The van der Waals surface area contributed by atoms with E-state index >= 15 is 0 Å². The molecule has 0 aliphatic heterocycles. The monoisotopic (exact) mass is 512 g/mol. The van der Waals surface area contributed by atoms with E-state index in [1.807, 2.05) is 24.3 Å². The first-order valence-electron chi connectivity index (χ1n) is 13.7. The maximum atomic E-state index is 12.9. The zero-order valence-corrected chi connectivity index (χ0v) is 23.2. The molecule has 0 heterocycles. The highest BCUT2D eigenvalue weighted by Crippen LogP contribution is 2.29. The van der Waals surface area contributed by atoms with Crippen molar-refractivity contribution < 1.29 is 14.3 Å². The molecule has 0 spiro atoms. The number of rotatable bonds is 18. The van der Waals surface area contributed by atoms with E-state index in [9.17, 15) is 9.59 Å². The van der Waals surface area contributed by atoms with Crippen molar-refractivity contribution in [3.63, 3.8) is 0 Å². The summed E-state index contributed by atoms with van der Waals surface area (Å²) in [4.78, 5) is 26.4. The van der Waals surface area contributed by atoms with Crippen LogP contribution >= 0.6 is 11.8 Å². The second-order valence-corrected chi connectivity index (χ2v) is 10.4. The van der Waals surface area contributed by atoms with Gasteiger partial charge in [-0.15, -0.1) is 11.8 Å². The molecule has 0 radical (unpaired) electrons. The topological polar surface area (TPSA) is 67.4 Å². The molecule has 0 aromatic heterocycles. The summed E-state index contributed by atoms with van der Waals surface area (Å²) in [7, 11) is 0. The van der Waals surface area contributed by atoms with Crippen molar-refractivity contribution in [2.75, 3.05) is 24.2 Å². The van der Waals surface area contributed by atoms with E-state index in [1.54, 1.807) is 30.0 Å². The van der Waals surface area contributed by atoms with Crippen LogP contribution in [0, 0.1) is 0 Å². The number of thioether (sulfide) groups is 1. The molecule has 198 valence electrons. The fraction of sp³-hybridized carbons (Fsp3) is 0.533. The quantitative estimate of drug-likeness (QED) is 0.156. The van der Waals surface area contributed by atoms with Crippen molar-refractivity contribution in [1.29, 1.82) is 0 Å². The van der Waals surface area contributed by atoms with Crippen LogP contribution < -0.4 is 15.4 Å². The molecule has 6 heteroatoms. The molecular formula is C30H44N2O3S. The Bertz CT molecular complexity index is 915. The van der Waals surface area contributed by atoms with Crippen LogP contribution in [-0.2, 0) is 0 Å². The highest BCUT2D eigenvalue weighted by atomic mass is 32.2. The van der Waals surface area contributed by atoms with E-state index in [4.69, 9.17) is 4.74 Å². The first kappa shape index (κ1) is 29.8. The van der Waals surface area contributed by atoms with Gasteiger partial charge in [-0.3, -0.25) is 9.59 Å². The van der Waals surface area contributed by atoms with E-state index in [0.717, 1.165) is 35.7 Å². The number of anilines is 1. The van der Waals surface area contributed by atoms with E-state index in [-0.39, 0.29) is 11.8 Å². The molecule has 0 aliphatic carbocycles. The maximum Gasteiger partial charge on any atom is 0.255 e. The third kappa shape index (κ3) is 11.1.